The van der Waals surface area contributed by atoms with Gasteiger partial charge in [0.2, 0.25) is 5.95 Å². The Kier molecular flexibility index (Phi) is 4.52. The van der Waals surface area contributed by atoms with Crippen LogP contribution in [0.25, 0.3) is 11.2 Å². The van der Waals surface area contributed by atoms with Crippen molar-refractivity contribution in [2.75, 3.05) is 29.9 Å². The molecule has 1 aliphatic heterocycles. The molecule has 0 amide bonds. The third-order valence-corrected chi connectivity index (χ3v) is 3.96. The first-order chi connectivity index (χ1) is 10.4. The van der Waals surface area contributed by atoms with Crippen molar-refractivity contribution < 1.29 is 0 Å². The Balaban J connectivity index is 1.92. The number of H-pyrrole nitrogens is 1. The molecule has 0 aliphatic carbocycles. The smallest absolute Gasteiger partial charge is 0.226 e. The molecule has 114 valence electrons. The standard InChI is InChI=1S/C15H24N6/c1-2-8-16-15-19-13-12(17-11-18-13)14(20-15)21-9-6-4-3-5-7-10-21/h11H,2-10H2,1H3,(H2,16,17,18,19,20). The highest BCUT2D eigenvalue weighted by Crippen LogP contribution is 2.25. The van der Waals surface area contributed by atoms with Gasteiger partial charge >= 0.3 is 0 Å². The Hall–Kier alpha value is -1.85. The topological polar surface area (TPSA) is 69.7 Å². The van der Waals surface area contributed by atoms with Gasteiger partial charge in [-0.05, 0) is 19.3 Å². The van der Waals surface area contributed by atoms with Gasteiger partial charge in [0, 0.05) is 19.6 Å². The average molecular weight is 288 g/mol. The summed E-state index contributed by atoms with van der Waals surface area (Å²) in [5, 5.41) is 3.28. The maximum atomic E-state index is 4.74. The van der Waals surface area contributed by atoms with Gasteiger partial charge in [-0.3, -0.25) is 0 Å². The minimum atomic E-state index is 0.688. The van der Waals surface area contributed by atoms with Gasteiger partial charge in [0.25, 0.3) is 0 Å². The number of rotatable bonds is 4. The van der Waals surface area contributed by atoms with E-state index in [1.165, 1.54) is 32.1 Å². The molecular formula is C15H24N6. The molecule has 1 saturated heterocycles. The molecule has 6 nitrogen and oxygen atoms in total. The first kappa shape index (κ1) is 14.1. The monoisotopic (exact) mass is 288 g/mol. The second-order valence-corrected chi connectivity index (χ2v) is 5.65. The van der Waals surface area contributed by atoms with Crippen LogP contribution in [0.15, 0.2) is 6.33 Å². The van der Waals surface area contributed by atoms with Gasteiger partial charge in [0.05, 0.1) is 6.33 Å². The van der Waals surface area contributed by atoms with E-state index in [1.54, 1.807) is 6.33 Å². The number of fused-ring (bicyclic) bond motifs is 1. The summed E-state index contributed by atoms with van der Waals surface area (Å²) in [6.45, 7) is 5.16. The van der Waals surface area contributed by atoms with E-state index in [9.17, 15) is 0 Å². The van der Waals surface area contributed by atoms with Crippen LogP contribution in [-0.4, -0.2) is 39.6 Å². The first-order valence-corrected chi connectivity index (χ1v) is 8.08. The number of hydrogen-bond donors (Lipinski definition) is 2. The molecule has 0 spiro atoms. The van der Waals surface area contributed by atoms with Crippen molar-refractivity contribution in [1.82, 2.24) is 19.9 Å². The van der Waals surface area contributed by atoms with E-state index in [0.717, 1.165) is 43.0 Å². The molecule has 0 bridgehead atoms. The van der Waals surface area contributed by atoms with E-state index in [4.69, 9.17) is 4.98 Å². The van der Waals surface area contributed by atoms with E-state index in [1.807, 2.05) is 0 Å². The van der Waals surface area contributed by atoms with Gasteiger partial charge in [-0.25, -0.2) is 4.98 Å². The van der Waals surface area contributed by atoms with E-state index in [2.05, 4.69) is 32.1 Å². The Morgan fingerprint density at radius 3 is 2.67 bits per heavy atom. The van der Waals surface area contributed by atoms with Crippen LogP contribution < -0.4 is 10.2 Å². The van der Waals surface area contributed by atoms with Gasteiger partial charge in [0.1, 0.15) is 5.52 Å². The number of nitrogens with one attached hydrogen (secondary N) is 2. The maximum absolute atomic E-state index is 4.74. The normalized spacial score (nSPS) is 16.7. The fourth-order valence-electron chi connectivity index (χ4n) is 2.82. The quantitative estimate of drug-likeness (QED) is 0.905. The molecule has 0 saturated carbocycles. The van der Waals surface area contributed by atoms with Crippen LogP contribution in [0.3, 0.4) is 0 Å². The minimum absolute atomic E-state index is 0.688. The second kappa shape index (κ2) is 6.74. The van der Waals surface area contributed by atoms with Gasteiger partial charge in [-0.2, -0.15) is 9.97 Å². The molecule has 1 aliphatic rings. The average Bonchev–Trinajstić information content (AvgIpc) is 2.92. The number of aromatic amines is 1. The molecule has 0 aromatic carbocycles. The zero-order valence-electron chi connectivity index (χ0n) is 12.7. The molecule has 6 heteroatoms. The lowest BCUT2D eigenvalue weighted by Crippen LogP contribution is -2.28. The number of imidazole rings is 1. The van der Waals surface area contributed by atoms with E-state index < -0.39 is 0 Å². The molecule has 3 heterocycles. The number of anilines is 2. The van der Waals surface area contributed by atoms with E-state index in [-0.39, 0.29) is 0 Å². The van der Waals surface area contributed by atoms with Crippen molar-refractivity contribution in [3.63, 3.8) is 0 Å². The number of hydrogen-bond acceptors (Lipinski definition) is 5. The van der Waals surface area contributed by atoms with Crippen LogP contribution >= 0.6 is 0 Å². The summed E-state index contributed by atoms with van der Waals surface area (Å²) >= 11 is 0. The maximum Gasteiger partial charge on any atom is 0.226 e. The van der Waals surface area contributed by atoms with E-state index >= 15 is 0 Å². The fourth-order valence-corrected chi connectivity index (χ4v) is 2.82. The second-order valence-electron chi connectivity index (χ2n) is 5.65. The highest BCUT2D eigenvalue weighted by atomic mass is 15.2. The summed E-state index contributed by atoms with van der Waals surface area (Å²) in [4.78, 5) is 19.1. The van der Waals surface area contributed by atoms with Crippen molar-refractivity contribution in [2.24, 2.45) is 0 Å². The summed E-state index contributed by atoms with van der Waals surface area (Å²) in [5.74, 6) is 1.69. The van der Waals surface area contributed by atoms with Gasteiger partial charge in [-0.15, -0.1) is 0 Å². The lowest BCUT2D eigenvalue weighted by atomic mass is 10.1. The van der Waals surface area contributed by atoms with Gasteiger partial charge in [-0.1, -0.05) is 26.2 Å². The van der Waals surface area contributed by atoms with Gasteiger partial charge in [0.15, 0.2) is 11.5 Å². The fraction of sp³-hybridized carbons (Fsp3) is 0.667. The molecule has 2 N–H and O–H groups in total. The van der Waals surface area contributed by atoms with Crippen LogP contribution in [0.5, 0.6) is 0 Å². The zero-order chi connectivity index (χ0) is 14.5. The van der Waals surface area contributed by atoms with Crippen molar-refractivity contribution in [3.8, 4) is 0 Å². The lowest BCUT2D eigenvalue weighted by molar-refractivity contribution is 0.554. The van der Waals surface area contributed by atoms with Crippen LogP contribution in [0.2, 0.25) is 0 Å². The number of aromatic nitrogens is 4. The molecule has 0 unspecified atom stereocenters. The Morgan fingerprint density at radius 2 is 1.90 bits per heavy atom. The molecular weight excluding hydrogens is 264 g/mol. The third-order valence-electron chi connectivity index (χ3n) is 3.96. The SMILES string of the molecule is CCCNc1nc(N2CCCCCCC2)c2[nH]cnc2n1. The lowest BCUT2D eigenvalue weighted by Gasteiger charge is -2.26. The molecule has 2 aromatic heterocycles. The van der Waals surface area contributed by atoms with Crippen LogP contribution in [0.1, 0.15) is 45.4 Å². The van der Waals surface area contributed by atoms with Crippen LogP contribution in [-0.2, 0) is 0 Å². The third kappa shape index (κ3) is 3.25. The summed E-state index contributed by atoms with van der Waals surface area (Å²) in [7, 11) is 0. The van der Waals surface area contributed by atoms with Crippen LogP contribution in [0.4, 0.5) is 11.8 Å². The van der Waals surface area contributed by atoms with Crippen molar-refractivity contribution in [3.05, 3.63) is 6.33 Å². The molecule has 2 aromatic rings. The summed E-state index contributed by atoms with van der Waals surface area (Å²) in [5.41, 5.74) is 1.71. The van der Waals surface area contributed by atoms with Gasteiger partial charge < -0.3 is 15.2 Å². The van der Waals surface area contributed by atoms with Crippen LogP contribution in [0, 0.1) is 0 Å². The molecule has 3 rings (SSSR count). The highest BCUT2D eigenvalue weighted by molar-refractivity contribution is 5.84. The number of nitrogens with zero attached hydrogens (tertiary/aromatic N) is 4. The predicted molar refractivity (Wildman–Crippen MR) is 85.8 cm³/mol. The molecule has 0 atom stereocenters. The molecule has 0 radical (unpaired) electrons. The van der Waals surface area contributed by atoms with Crippen molar-refractivity contribution in [1.29, 1.82) is 0 Å². The predicted octanol–water partition coefficient (Wildman–Crippen LogP) is 2.95. The van der Waals surface area contributed by atoms with Crippen molar-refractivity contribution in [2.45, 2.75) is 45.4 Å². The van der Waals surface area contributed by atoms with Crippen molar-refractivity contribution >= 4 is 22.9 Å². The summed E-state index contributed by atoms with van der Waals surface area (Å²) in [6.07, 6.45) is 9.22. The zero-order valence-corrected chi connectivity index (χ0v) is 12.7. The summed E-state index contributed by atoms with van der Waals surface area (Å²) in [6, 6.07) is 0. The Bertz CT molecular complexity index is 571. The molecule has 1 fully saturated rings. The minimum Gasteiger partial charge on any atom is -0.355 e. The first-order valence-electron chi connectivity index (χ1n) is 8.08. The van der Waals surface area contributed by atoms with E-state index in [0.29, 0.717) is 5.95 Å². The largest absolute Gasteiger partial charge is 0.355 e. The highest BCUT2D eigenvalue weighted by Gasteiger charge is 2.17. The molecule has 21 heavy (non-hydrogen) atoms. The Labute approximate surface area is 125 Å². The summed E-state index contributed by atoms with van der Waals surface area (Å²) < 4.78 is 0. The Morgan fingerprint density at radius 1 is 1.14 bits per heavy atom.